The summed E-state index contributed by atoms with van der Waals surface area (Å²) in [4.78, 5) is 24.2. The largest absolute Gasteiger partial charge is 0.366 e. The Bertz CT molecular complexity index is 1240. The summed E-state index contributed by atoms with van der Waals surface area (Å²) in [6.07, 6.45) is 0. The highest BCUT2D eigenvalue weighted by atomic mass is 35.5. The maximum absolute atomic E-state index is 13.6. The van der Waals surface area contributed by atoms with Crippen molar-refractivity contribution in [3.05, 3.63) is 89.2 Å². The Balaban J connectivity index is 1.98. The predicted molar refractivity (Wildman–Crippen MR) is 116 cm³/mol. The second-order valence-corrected chi connectivity index (χ2v) is 8.65. The van der Waals surface area contributed by atoms with Gasteiger partial charge in [0.25, 0.3) is 15.9 Å². The number of carbonyl (C=O) groups excluding carboxylic acids is 2. The van der Waals surface area contributed by atoms with Crippen LogP contribution in [0.15, 0.2) is 77.7 Å². The first kappa shape index (κ1) is 22.3. The molecule has 0 heterocycles. The van der Waals surface area contributed by atoms with Gasteiger partial charge >= 0.3 is 0 Å². The van der Waals surface area contributed by atoms with Crippen LogP contribution >= 0.6 is 11.6 Å². The van der Waals surface area contributed by atoms with E-state index in [4.69, 9.17) is 17.3 Å². The average molecular weight is 462 g/mol. The van der Waals surface area contributed by atoms with Crippen LogP contribution in [0.3, 0.4) is 0 Å². The summed E-state index contributed by atoms with van der Waals surface area (Å²) in [5.74, 6) is -2.23. The molecule has 0 bridgehead atoms. The number of nitrogens with one attached hydrogen (secondary N) is 1. The molecule has 0 saturated carbocycles. The first-order valence-electron chi connectivity index (χ1n) is 8.91. The molecule has 0 fully saturated rings. The molecule has 3 rings (SSSR count). The summed E-state index contributed by atoms with van der Waals surface area (Å²) in [5, 5.41) is 2.19. The fourth-order valence-corrected chi connectivity index (χ4v) is 4.41. The van der Waals surface area contributed by atoms with E-state index in [0.29, 0.717) is 0 Å². The smallest absolute Gasteiger partial charge is 0.264 e. The number of rotatable bonds is 7. The summed E-state index contributed by atoms with van der Waals surface area (Å²) >= 11 is 5.83. The molecular formula is C21H17ClFN3O4S. The van der Waals surface area contributed by atoms with Gasteiger partial charge in [0.1, 0.15) is 12.4 Å². The summed E-state index contributed by atoms with van der Waals surface area (Å²) in [6.45, 7) is -0.660. The van der Waals surface area contributed by atoms with Crippen LogP contribution in [-0.2, 0) is 14.8 Å². The molecule has 0 aromatic heterocycles. The van der Waals surface area contributed by atoms with Crippen molar-refractivity contribution in [1.29, 1.82) is 0 Å². The minimum absolute atomic E-state index is 0.00594. The lowest BCUT2D eigenvalue weighted by Crippen LogP contribution is -2.38. The van der Waals surface area contributed by atoms with E-state index in [1.54, 1.807) is 18.2 Å². The lowest BCUT2D eigenvalue weighted by molar-refractivity contribution is -0.114. The number of anilines is 2. The van der Waals surface area contributed by atoms with Gasteiger partial charge in [-0.05, 0) is 42.5 Å². The van der Waals surface area contributed by atoms with Crippen molar-refractivity contribution < 1.29 is 22.4 Å². The van der Waals surface area contributed by atoms with Crippen molar-refractivity contribution in [2.75, 3.05) is 16.2 Å². The summed E-state index contributed by atoms with van der Waals surface area (Å²) in [6, 6.07) is 16.8. The van der Waals surface area contributed by atoms with E-state index in [2.05, 4.69) is 5.32 Å². The van der Waals surface area contributed by atoms with Crippen LogP contribution in [-0.4, -0.2) is 26.8 Å². The van der Waals surface area contributed by atoms with E-state index in [-0.39, 0.29) is 26.9 Å². The Labute approximate surface area is 183 Å². The first-order chi connectivity index (χ1) is 14.7. The molecule has 0 spiro atoms. The van der Waals surface area contributed by atoms with Crippen LogP contribution in [0, 0.1) is 5.82 Å². The molecule has 0 saturated heterocycles. The molecule has 3 N–H and O–H groups in total. The first-order valence-corrected chi connectivity index (χ1v) is 10.7. The Morgan fingerprint density at radius 3 is 2.29 bits per heavy atom. The van der Waals surface area contributed by atoms with Crippen LogP contribution in [0.25, 0.3) is 0 Å². The molecule has 31 heavy (non-hydrogen) atoms. The van der Waals surface area contributed by atoms with Crippen LogP contribution in [0.1, 0.15) is 10.4 Å². The fraction of sp³-hybridized carbons (Fsp3) is 0.0476. The topological polar surface area (TPSA) is 110 Å². The molecule has 0 aliphatic rings. The highest BCUT2D eigenvalue weighted by Gasteiger charge is 2.28. The number of halogens is 2. The molecule has 10 heteroatoms. The Morgan fingerprint density at radius 2 is 1.65 bits per heavy atom. The number of sulfonamides is 1. The Morgan fingerprint density at radius 1 is 1.00 bits per heavy atom. The molecule has 0 aliphatic carbocycles. The summed E-state index contributed by atoms with van der Waals surface area (Å²) in [5.41, 5.74) is 5.51. The van der Waals surface area contributed by atoms with Gasteiger partial charge < -0.3 is 11.1 Å². The minimum Gasteiger partial charge on any atom is -0.366 e. The van der Waals surface area contributed by atoms with Gasteiger partial charge in [0.15, 0.2) is 0 Å². The third kappa shape index (κ3) is 5.01. The van der Waals surface area contributed by atoms with E-state index in [1.807, 2.05) is 0 Å². The van der Waals surface area contributed by atoms with Crippen molar-refractivity contribution in [3.8, 4) is 0 Å². The predicted octanol–water partition coefficient (Wildman–Crippen LogP) is 3.41. The van der Waals surface area contributed by atoms with Crippen molar-refractivity contribution >= 4 is 44.8 Å². The van der Waals surface area contributed by atoms with Crippen LogP contribution in [0.4, 0.5) is 15.8 Å². The van der Waals surface area contributed by atoms with Crippen molar-refractivity contribution in [2.45, 2.75) is 4.90 Å². The van der Waals surface area contributed by atoms with Crippen molar-refractivity contribution in [1.82, 2.24) is 0 Å². The number of benzene rings is 3. The maximum atomic E-state index is 13.6. The van der Waals surface area contributed by atoms with Gasteiger partial charge in [-0.3, -0.25) is 13.9 Å². The van der Waals surface area contributed by atoms with Crippen molar-refractivity contribution in [3.63, 3.8) is 0 Å². The molecule has 3 aromatic carbocycles. The number of para-hydroxylation sites is 1. The lowest BCUT2D eigenvalue weighted by atomic mass is 10.1. The van der Waals surface area contributed by atoms with E-state index in [1.165, 1.54) is 42.5 Å². The third-order valence-corrected chi connectivity index (χ3v) is 6.35. The molecule has 2 amide bonds. The van der Waals surface area contributed by atoms with Gasteiger partial charge in [-0.1, -0.05) is 41.9 Å². The third-order valence-electron chi connectivity index (χ3n) is 4.28. The zero-order valence-electron chi connectivity index (χ0n) is 16.0. The van der Waals surface area contributed by atoms with E-state index >= 15 is 0 Å². The number of nitrogens with zero attached hydrogens (tertiary/aromatic N) is 1. The number of hydrogen-bond acceptors (Lipinski definition) is 4. The normalized spacial score (nSPS) is 11.0. The van der Waals surface area contributed by atoms with E-state index < -0.39 is 34.2 Å². The number of carbonyl (C=O) groups is 2. The SMILES string of the molecule is NC(=O)c1ccccc1NC(=O)CN(c1ccc(F)c(Cl)c1)S(=O)(=O)c1ccccc1. The highest BCUT2D eigenvalue weighted by Crippen LogP contribution is 2.28. The molecule has 0 unspecified atom stereocenters. The molecule has 3 aromatic rings. The van der Waals surface area contributed by atoms with Gasteiger partial charge in [-0.15, -0.1) is 0 Å². The monoisotopic (exact) mass is 461 g/mol. The van der Waals surface area contributed by atoms with Crippen molar-refractivity contribution in [2.24, 2.45) is 5.73 Å². The zero-order valence-corrected chi connectivity index (χ0v) is 17.5. The Hall–Kier alpha value is -3.43. The fourth-order valence-electron chi connectivity index (χ4n) is 2.80. The van der Waals surface area contributed by atoms with Crippen LogP contribution in [0.5, 0.6) is 0 Å². The number of hydrogen-bond donors (Lipinski definition) is 2. The second kappa shape index (κ2) is 9.15. The second-order valence-electron chi connectivity index (χ2n) is 6.38. The molecule has 160 valence electrons. The van der Waals surface area contributed by atoms with E-state index in [9.17, 15) is 22.4 Å². The van der Waals surface area contributed by atoms with Crippen LogP contribution < -0.4 is 15.4 Å². The summed E-state index contributed by atoms with van der Waals surface area (Å²) in [7, 11) is -4.20. The van der Waals surface area contributed by atoms with E-state index in [0.717, 1.165) is 16.4 Å². The lowest BCUT2D eigenvalue weighted by Gasteiger charge is -2.24. The van der Waals surface area contributed by atoms with Crippen LogP contribution in [0.2, 0.25) is 5.02 Å². The molecule has 7 nitrogen and oxygen atoms in total. The zero-order chi connectivity index (χ0) is 22.6. The van der Waals surface area contributed by atoms with Gasteiger partial charge in [0.05, 0.1) is 26.9 Å². The quantitative estimate of drug-likeness (QED) is 0.561. The van der Waals surface area contributed by atoms with Gasteiger partial charge in [0, 0.05) is 0 Å². The maximum Gasteiger partial charge on any atom is 0.264 e. The molecule has 0 aliphatic heterocycles. The molecule has 0 radical (unpaired) electrons. The average Bonchev–Trinajstić information content (AvgIpc) is 2.75. The van der Waals surface area contributed by atoms with Gasteiger partial charge in [0.2, 0.25) is 5.91 Å². The number of nitrogens with two attached hydrogens (primary N) is 1. The number of amides is 2. The highest BCUT2D eigenvalue weighted by molar-refractivity contribution is 7.92. The molecule has 0 atom stereocenters. The number of primary amides is 1. The summed E-state index contributed by atoms with van der Waals surface area (Å²) < 4.78 is 40.9. The standard InChI is InChI=1S/C21H17ClFN3O4S/c22-17-12-14(10-11-18(17)23)26(31(29,30)15-6-2-1-3-7-15)13-20(27)25-19-9-5-4-8-16(19)21(24)28/h1-12H,13H2,(H2,24,28)(H,25,27). The van der Waals surface area contributed by atoms with Gasteiger partial charge in [-0.2, -0.15) is 0 Å². The van der Waals surface area contributed by atoms with Gasteiger partial charge in [-0.25, -0.2) is 12.8 Å². The Kier molecular flexibility index (Phi) is 6.57. The molecular weight excluding hydrogens is 445 g/mol. The minimum atomic E-state index is -4.20.